The van der Waals surface area contributed by atoms with Crippen molar-refractivity contribution in [1.82, 2.24) is 16.0 Å². The first kappa shape index (κ1) is 22.6. The SMILES string of the molecule is Cc1cc(OC(C)C)ccc1N1C(=O)NC2=C(C(=O)N[C@@H]3CCC[C@@H]3N)SC3NCCC1C23. The molecule has 3 fully saturated rings. The summed E-state index contributed by atoms with van der Waals surface area (Å²) in [4.78, 5) is 29.1. The molecule has 0 aromatic heterocycles. The molecule has 9 heteroatoms. The molecule has 1 aromatic carbocycles. The van der Waals surface area contributed by atoms with Crippen LogP contribution >= 0.6 is 11.8 Å². The molecule has 5 N–H and O–H groups in total. The largest absolute Gasteiger partial charge is 0.491 e. The summed E-state index contributed by atoms with van der Waals surface area (Å²) in [6.45, 7) is 6.80. The van der Waals surface area contributed by atoms with Gasteiger partial charge in [0, 0.05) is 29.4 Å². The monoisotopic (exact) mass is 471 g/mol. The van der Waals surface area contributed by atoms with Crippen molar-refractivity contribution in [1.29, 1.82) is 0 Å². The third kappa shape index (κ3) is 4.11. The molecule has 1 aromatic rings. The molecule has 3 aliphatic heterocycles. The van der Waals surface area contributed by atoms with Gasteiger partial charge in [-0.25, -0.2) is 4.79 Å². The van der Waals surface area contributed by atoms with Crippen molar-refractivity contribution in [3.8, 4) is 5.75 Å². The van der Waals surface area contributed by atoms with E-state index in [0.29, 0.717) is 4.91 Å². The molecule has 0 radical (unpaired) electrons. The standard InChI is InChI=1S/C24H33N5O3S/c1-12(2)32-14-7-8-17(13(3)11-14)29-18-9-10-26-23-19(18)20(28-24(29)31)21(33-23)22(30)27-16-6-4-5-15(16)25/h7-8,11-12,15-16,18-19,23,26H,4-6,9-10,25H2,1-3H3,(H,27,30)(H,28,31)/t15-,16+,18?,19?,23?/m0/s1. The van der Waals surface area contributed by atoms with E-state index < -0.39 is 0 Å². The molecule has 33 heavy (non-hydrogen) atoms. The molecule has 0 spiro atoms. The predicted molar refractivity (Wildman–Crippen MR) is 130 cm³/mol. The number of rotatable bonds is 5. The van der Waals surface area contributed by atoms with Crippen LogP contribution in [-0.2, 0) is 4.79 Å². The number of piperidine rings is 1. The molecule has 3 unspecified atom stereocenters. The Kier molecular flexibility index (Phi) is 6.05. The van der Waals surface area contributed by atoms with Gasteiger partial charge in [0.05, 0.1) is 22.4 Å². The third-order valence-electron chi connectivity index (χ3n) is 7.03. The average molecular weight is 472 g/mol. The van der Waals surface area contributed by atoms with Crippen LogP contribution in [0, 0.1) is 12.8 Å². The Bertz CT molecular complexity index is 996. The van der Waals surface area contributed by atoms with Crippen LogP contribution in [0.5, 0.6) is 5.75 Å². The van der Waals surface area contributed by atoms with Crippen molar-refractivity contribution in [2.24, 2.45) is 11.7 Å². The van der Waals surface area contributed by atoms with Crippen LogP contribution in [0.15, 0.2) is 28.8 Å². The number of anilines is 1. The molecule has 1 saturated carbocycles. The number of nitrogens with two attached hydrogens (primary N) is 1. The van der Waals surface area contributed by atoms with Crippen molar-refractivity contribution in [2.45, 2.75) is 76.1 Å². The third-order valence-corrected chi connectivity index (χ3v) is 8.39. The second-order valence-electron chi connectivity index (χ2n) is 9.71. The smallest absolute Gasteiger partial charge is 0.326 e. The van der Waals surface area contributed by atoms with E-state index in [9.17, 15) is 9.59 Å². The van der Waals surface area contributed by atoms with E-state index in [0.717, 1.165) is 54.9 Å². The topological polar surface area (TPSA) is 109 Å². The number of hydrogen-bond acceptors (Lipinski definition) is 6. The van der Waals surface area contributed by atoms with Gasteiger partial charge in [0.25, 0.3) is 5.91 Å². The summed E-state index contributed by atoms with van der Waals surface area (Å²) < 4.78 is 5.82. The maximum Gasteiger partial charge on any atom is 0.326 e. The van der Waals surface area contributed by atoms with E-state index in [1.165, 1.54) is 11.8 Å². The molecule has 4 aliphatic rings. The number of urea groups is 1. The number of ether oxygens (including phenoxy) is 1. The van der Waals surface area contributed by atoms with Crippen molar-refractivity contribution in [2.75, 3.05) is 11.4 Å². The Balaban J connectivity index is 1.43. The number of carbonyl (C=O) groups excluding carboxylic acids is 2. The zero-order valence-corrected chi connectivity index (χ0v) is 20.2. The molecule has 1 aliphatic carbocycles. The lowest BCUT2D eigenvalue weighted by atomic mass is 9.86. The van der Waals surface area contributed by atoms with Crippen LogP contribution in [-0.4, -0.2) is 48.1 Å². The Labute approximate surface area is 199 Å². The summed E-state index contributed by atoms with van der Waals surface area (Å²) >= 11 is 1.53. The molecular weight excluding hydrogens is 438 g/mol. The van der Waals surface area contributed by atoms with Crippen molar-refractivity contribution in [3.05, 3.63) is 34.4 Å². The fraction of sp³-hybridized carbons (Fsp3) is 0.583. The Morgan fingerprint density at radius 2 is 2.12 bits per heavy atom. The van der Waals surface area contributed by atoms with E-state index in [2.05, 4.69) is 16.0 Å². The lowest BCUT2D eigenvalue weighted by Crippen LogP contribution is -2.62. The van der Waals surface area contributed by atoms with Gasteiger partial charge in [-0.2, -0.15) is 0 Å². The highest BCUT2D eigenvalue weighted by Gasteiger charge is 2.52. The first-order valence-electron chi connectivity index (χ1n) is 11.9. The number of amides is 3. The Hall–Kier alpha value is -2.23. The van der Waals surface area contributed by atoms with Gasteiger partial charge in [-0.1, -0.05) is 11.8 Å². The van der Waals surface area contributed by atoms with Gasteiger partial charge in [0.15, 0.2) is 0 Å². The molecular formula is C24H33N5O3S. The number of benzene rings is 1. The molecule has 3 heterocycles. The van der Waals surface area contributed by atoms with Crippen LogP contribution in [0.4, 0.5) is 10.5 Å². The van der Waals surface area contributed by atoms with Gasteiger partial charge in [0.1, 0.15) is 5.75 Å². The van der Waals surface area contributed by atoms with Gasteiger partial charge in [-0.3, -0.25) is 9.69 Å². The second-order valence-corrected chi connectivity index (χ2v) is 10.9. The highest BCUT2D eigenvalue weighted by atomic mass is 32.2. The Morgan fingerprint density at radius 1 is 1.30 bits per heavy atom. The highest BCUT2D eigenvalue weighted by molar-refractivity contribution is 8.04. The number of carbonyl (C=O) groups is 2. The lowest BCUT2D eigenvalue weighted by Gasteiger charge is -2.46. The normalized spacial score (nSPS) is 31.0. The van der Waals surface area contributed by atoms with Gasteiger partial charge in [-0.05, 0) is 76.8 Å². The molecule has 5 rings (SSSR count). The zero-order valence-electron chi connectivity index (χ0n) is 19.4. The molecule has 2 saturated heterocycles. The number of nitrogens with one attached hydrogen (secondary N) is 3. The molecule has 5 atom stereocenters. The molecule has 178 valence electrons. The van der Waals surface area contributed by atoms with Crippen molar-refractivity contribution >= 4 is 29.4 Å². The Morgan fingerprint density at radius 3 is 2.82 bits per heavy atom. The molecule has 8 nitrogen and oxygen atoms in total. The van der Waals surface area contributed by atoms with Gasteiger partial charge in [0.2, 0.25) is 0 Å². The zero-order chi connectivity index (χ0) is 23.3. The summed E-state index contributed by atoms with van der Waals surface area (Å²) in [5.41, 5.74) is 8.79. The fourth-order valence-corrected chi connectivity index (χ4v) is 6.95. The number of aryl methyl sites for hydroxylation is 1. The second kappa shape index (κ2) is 8.85. The van der Waals surface area contributed by atoms with Crippen molar-refractivity contribution in [3.63, 3.8) is 0 Å². The van der Waals surface area contributed by atoms with E-state index >= 15 is 0 Å². The molecule has 3 amide bonds. The van der Waals surface area contributed by atoms with Gasteiger partial charge < -0.3 is 26.4 Å². The fourth-order valence-electron chi connectivity index (χ4n) is 5.55. The van der Waals surface area contributed by atoms with E-state index in [1.807, 2.05) is 43.9 Å². The van der Waals surface area contributed by atoms with Crippen LogP contribution < -0.4 is 31.3 Å². The van der Waals surface area contributed by atoms with Crippen LogP contribution in [0.3, 0.4) is 0 Å². The lowest BCUT2D eigenvalue weighted by molar-refractivity contribution is -0.117. The minimum atomic E-state index is -0.183. The summed E-state index contributed by atoms with van der Waals surface area (Å²) in [5, 5.41) is 9.81. The summed E-state index contributed by atoms with van der Waals surface area (Å²) in [6.07, 6.45) is 3.79. The maximum absolute atomic E-state index is 13.4. The summed E-state index contributed by atoms with van der Waals surface area (Å²) in [7, 11) is 0. The predicted octanol–water partition coefficient (Wildman–Crippen LogP) is 2.57. The van der Waals surface area contributed by atoms with E-state index in [1.54, 1.807) is 0 Å². The first-order chi connectivity index (χ1) is 15.8. The number of hydrogen-bond donors (Lipinski definition) is 4. The first-order valence-corrected chi connectivity index (χ1v) is 12.8. The highest BCUT2D eigenvalue weighted by Crippen LogP contribution is 2.48. The molecule has 0 bridgehead atoms. The minimum absolute atomic E-state index is 0.00108. The van der Waals surface area contributed by atoms with Crippen molar-refractivity contribution < 1.29 is 14.3 Å². The maximum atomic E-state index is 13.4. The van der Waals surface area contributed by atoms with E-state index in [4.69, 9.17) is 10.5 Å². The van der Waals surface area contributed by atoms with Gasteiger partial charge >= 0.3 is 6.03 Å². The summed E-state index contributed by atoms with van der Waals surface area (Å²) in [6, 6.07) is 5.69. The quantitative estimate of drug-likeness (QED) is 0.526. The summed E-state index contributed by atoms with van der Waals surface area (Å²) in [5.74, 6) is 0.714. The average Bonchev–Trinajstić information content (AvgIpc) is 3.33. The van der Waals surface area contributed by atoms with Gasteiger partial charge in [-0.15, -0.1) is 0 Å². The van der Waals surface area contributed by atoms with Crippen LogP contribution in [0.1, 0.15) is 45.1 Å². The van der Waals surface area contributed by atoms with Crippen LogP contribution in [0.2, 0.25) is 0 Å². The van der Waals surface area contributed by atoms with Crippen LogP contribution in [0.25, 0.3) is 0 Å². The number of thioether (sulfide) groups is 1. The number of nitrogens with zero attached hydrogens (tertiary/aromatic N) is 1. The van der Waals surface area contributed by atoms with E-state index in [-0.39, 0.29) is 47.5 Å². The minimum Gasteiger partial charge on any atom is -0.491 e.